The Kier molecular flexibility index (Phi) is 3.69. The Morgan fingerprint density at radius 3 is 2.70 bits per heavy atom. The van der Waals surface area contributed by atoms with Crippen LogP contribution in [0.25, 0.3) is 0 Å². The summed E-state index contributed by atoms with van der Waals surface area (Å²) in [6.45, 7) is 4.43. The molecule has 106 valence electrons. The van der Waals surface area contributed by atoms with Crippen molar-refractivity contribution in [1.82, 2.24) is 4.90 Å². The predicted molar refractivity (Wildman–Crippen MR) is 72.4 cm³/mol. The number of rotatable bonds is 3. The monoisotopic (exact) mass is 277 g/mol. The third-order valence-electron chi connectivity index (χ3n) is 3.28. The molecule has 1 atom stereocenters. The van der Waals surface area contributed by atoms with Gasteiger partial charge in [0.1, 0.15) is 0 Å². The molecule has 0 spiro atoms. The number of carbonyl (C=O) groups is 2. The molecule has 7 nitrogen and oxygen atoms in total. The summed E-state index contributed by atoms with van der Waals surface area (Å²) in [4.78, 5) is 37.2. The van der Waals surface area contributed by atoms with Gasteiger partial charge >= 0.3 is 6.03 Å². The van der Waals surface area contributed by atoms with Crippen molar-refractivity contribution in [3.8, 4) is 0 Å². The molecule has 0 aliphatic carbocycles. The summed E-state index contributed by atoms with van der Waals surface area (Å²) < 4.78 is 0. The van der Waals surface area contributed by atoms with Crippen molar-refractivity contribution in [2.45, 2.75) is 13.8 Å². The van der Waals surface area contributed by atoms with Gasteiger partial charge in [0.15, 0.2) is 0 Å². The Balaban J connectivity index is 2.42. The van der Waals surface area contributed by atoms with E-state index >= 15 is 0 Å². The van der Waals surface area contributed by atoms with E-state index in [0.29, 0.717) is 13.1 Å². The second kappa shape index (κ2) is 5.28. The van der Waals surface area contributed by atoms with E-state index < -0.39 is 11.0 Å². The molecule has 1 aromatic carbocycles. The minimum Gasteiger partial charge on any atom is -0.323 e. The highest BCUT2D eigenvalue weighted by Crippen LogP contribution is 2.26. The van der Waals surface area contributed by atoms with Gasteiger partial charge in [-0.1, -0.05) is 13.0 Å². The molecule has 0 N–H and O–H groups in total. The van der Waals surface area contributed by atoms with Gasteiger partial charge in [0.05, 0.1) is 16.5 Å². The zero-order valence-corrected chi connectivity index (χ0v) is 11.3. The van der Waals surface area contributed by atoms with E-state index in [1.54, 1.807) is 11.8 Å². The van der Waals surface area contributed by atoms with Crippen LogP contribution >= 0.6 is 0 Å². The van der Waals surface area contributed by atoms with Gasteiger partial charge in [0.2, 0.25) is 5.91 Å². The van der Waals surface area contributed by atoms with Crippen molar-refractivity contribution >= 4 is 23.3 Å². The quantitative estimate of drug-likeness (QED) is 0.625. The smallest absolute Gasteiger partial charge is 0.323 e. The first-order chi connectivity index (χ1) is 9.45. The Morgan fingerprint density at radius 2 is 2.10 bits per heavy atom. The Labute approximate surface area is 115 Å². The molecule has 0 saturated carbocycles. The fourth-order valence-corrected chi connectivity index (χ4v) is 2.19. The SMILES string of the molecule is CCN1CC(C)C(=O)N(c2cccc([N+](=O)[O-])c2)C1=O. The topological polar surface area (TPSA) is 83.8 Å². The van der Waals surface area contributed by atoms with Gasteiger partial charge in [-0.25, -0.2) is 9.69 Å². The summed E-state index contributed by atoms with van der Waals surface area (Å²) in [5, 5.41) is 10.8. The number of non-ortho nitro benzene ring substituents is 1. The van der Waals surface area contributed by atoms with Crippen LogP contribution in [0.3, 0.4) is 0 Å². The van der Waals surface area contributed by atoms with E-state index in [4.69, 9.17) is 0 Å². The van der Waals surface area contributed by atoms with Gasteiger partial charge in [-0.05, 0) is 13.0 Å². The molecule has 0 radical (unpaired) electrons. The summed E-state index contributed by atoms with van der Waals surface area (Å²) in [5.74, 6) is -0.660. The largest absolute Gasteiger partial charge is 0.331 e. The molecular formula is C13H15N3O4. The Morgan fingerprint density at radius 1 is 1.40 bits per heavy atom. The number of benzene rings is 1. The molecule has 7 heteroatoms. The lowest BCUT2D eigenvalue weighted by Gasteiger charge is -2.36. The van der Waals surface area contributed by atoms with Crippen LogP contribution in [0.15, 0.2) is 24.3 Å². The third kappa shape index (κ3) is 2.34. The van der Waals surface area contributed by atoms with E-state index in [1.165, 1.54) is 24.3 Å². The Hall–Kier alpha value is -2.44. The molecule has 1 aromatic rings. The van der Waals surface area contributed by atoms with Crippen molar-refractivity contribution in [3.05, 3.63) is 34.4 Å². The molecule has 3 amide bonds. The number of nitro benzene ring substituents is 1. The number of imide groups is 1. The minimum atomic E-state index is -0.552. The number of amides is 3. The van der Waals surface area contributed by atoms with Crippen LogP contribution in [0.2, 0.25) is 0 Å². The average Bonchev–Trinajstić information content (AvgIpc) is 2.43. The van der Waals surface area contributed by atoms with E-state index in [9.17, 15) is 19.7 Å². The zero-order chi connectivity index (χ0) is 14.9. The zero-order valence-electron chi connectivity index (χ0n) is 11.3. The average molecular weight is 277 g/mol. The van der Waals surface area contributed by atoms with Crippen molar-refractivity contribution in [3.63, 3.8) is 0 Å². The molecule has 1 fully saturated rings. The number of hydrogen-bond acceptors (Lipinski definition) is 4. The second-order valence-corrected chi connectivity index (χ2v) is 4.67. The number of anilines is 1. The molecule has 2 rings (SSSR count). The van der Waals surface area contributed by atoms with E-state index in [2.05, 4.69) is 0 Å². The molecule has 20 heavy (non-hydrogen) atoms. The van der Waals surface area contributed by atoms with Crippen molar-refractivity contribution in [1.29, 1.82) is 0 Å². The van der Waals surface area contributed by atoms with Crippen LogP contribution in [-0.4, -0.2) is 34.9 Å². The highest BCUT2D eigenvalue weighted by molar-refractivity contribution is 6.16. The summed E-state index contributed by atoms with van der Waals surface area (Å²) in [5.41, 5.74) is 0.0866. The summed E-state index contributed by atoms with van der Waals surface area (Å²) >= 11 is 0. The maximum atomic E-state index is 12.3. The maximum absolute atomic E-state index is 12.3. The van der Waals surface area contributed by atoms with Crippen LogP contribution in [0, 0.1) is 16.0 Å². The molecule has 1 aliphatic heterocycles. The maximum Gasteiger partial charge on any atom is 0.331 e. The van der Waals surface area contributed by atoms with Crippen molar-refractivity contribution < 1.29 is 14.5 Å². The number of urea groups is 1. The fraction of sp³-hybridized carbons (Fsp3) is 0.385. The third-order valence-corrected chi connectivity index (χ3v) is 3.28. The first-order valence-corrected chi connectivity index (χ1v) is 6.33. The molecule has 0 aromatic heterocycles. The molecular weight excluding hydrogens is 262 g/mol. The summed E-state index contributed by atoms with van der Waals surface area (Å²) in [6.07, 6.45) is 0. The van der Waals surface area contributed by atoms with E-state index in [1.807, 2.05) is 6.92 Å². The fourth-order valence-electron chi connectivity index (χ4n) is 2.19. The van der Waals surface area contributed by atoms with Gasteiger partial charge < -0.3 is 4.90 Å². The van der Waals surface area contributed by atoms with Gasteiger partial charge in [0, 0.05) is 25.2 Å². The lowest BCUT2D eigenvalue weighted by molar-refractivity contribution is -0.384. The molecule has 1 saturated heterocycles. The van der Waals surface area contributed by atoms with Gasteiger partial charge in [-0.3, -0.25) is 14.9 Å². The van der Waals surface area contributed by atoms with Crippen LogP contribution in [0.5, 0.6) is 0 Å². The minimum absolute atomic E-state index is 0.149. The Bertz CT molecular complexity index is 572. The number of nitrogens with zero attached hydrogens (tertiary/aromatic N) is 3. The van der Waals surface area contributed by atoms with Gasteiger partial charge in [-0.15, -0.1) is 0 Å². The highest BCUT2D eigenvalue weighted by atomic mass is 16.6. The van der Waals surface area contributed by atoms with Crippen molar-refractivity contribution in [2.75, 3.05) is 18.0 Å². The van der Waals surface area contributed by atoms with E-state index in [-0.39, 0.29) is 23.2 Å². The van der Waals surface area contributed by atoms with E-state index in [0.717, 1.165) is 4.90 Å². The lowest BCUT2D eigenvalue weighted by Crippen LogP contribution is -2.56. The number of hydrogen-bond donors (Lipinski definition) is 0. The van der Waals surface area contributed by atoms with Gasteiger partial charge in [0.25, 0.3) is 5.69 Å². The molecule has 1 unspecified atom stereocenters. The van der Waals surface area contributed by atoms with Crippen molar-refractivity contribution in [2.24, 2.45) is 5.92 Å². The van der Waals surface area contributed by atoms with Gasteiger partial charge in [-0.2, -0.15) is 0 Å². The molecule has 1 aliphatic rings. The van der Waals surface area contributed by atoms with Crippen LogP contribution < -0.4 is 4.90 Å². The number of nitro groups is 1. The normalized spacial score (nSPS) is 19.4. The van der Waals surface area contributed by atoms with Crippen LogP contribution in [-0.2, 0) is 4.79 Å². The summed E-state index contributed by atoms with van der Waals surface area (Å²) in [6, 6.07) is 5.11. The highest BCUT2D eigenvalue weighted by Gasteiger charge is 2.37. The standard InChI is InChI=1S/C13H15N3O4/c1-3-14-8-9(2)12(17)15(13(14)18)10-5-4-6-11(7-10)16(19)20/h4-7,9H,3,8H2,1-2H3. The predicted octanol–water partition coefficient (Wildman–Crippen LogP) is 2.02. The summed E-state index contributed by atoms with van der Waals surface area (Å²) in [7, 11) is 0. The molecule has 1 heterocycles. The second-order valence-electron chi connectivity index (χ2n) is 4.67. The van der Waals surface area contributed by atoms with Crippen LogP contribution in [0.1, 0.15) is 13.8 Å². The molecule has 0 bridgehead atoms. The lowest BCUT2D eigenvalue weighted by atomic mass is 10.1. The van der Waals surface area contributed by atoms with Crippen LogP contribution in [0.4, 0.5) is 16.2 Å². The first-order valence-electron chi connectivity index (χ1n) is 6.33. The number of carbonyl (C=O) groups excluding carboxylic acids is 2. The first kappa shape index (κ1) is 14.0.